The minimum atomic E-state index is 0.216. The maximum absolute atomic E-state index is 12.9. The number of carbonyl (C=O) groups is 1. The molecule has 0 spiro atoms. The summed E-state index contributed by atoms with van der Waals surface area (Å²) in [6, 6.07) is 8.57. The van der Waals surface area contributed by atoms with Crippen LogP contribution >= 0.6 is 0 Å². The molecule has 1 saturated heterocycles. The third-order valence-corrected chi connectivity index (χ3v) is 8.54. The van der Waals surface area contributed by atoms with E-state index >= 15 is 0 Å². The summed E-state index contributed by atoms with van der Waals surface area (Å²) in [6.45, 7) is 6.57. The number of piperazine rings is 1. The number of ether oxygens (including phenoxy) is 1. The van der Waals surface area contributed by atoms with Crippen LogP contribution in [0.3, 0.4) is 0 Å². The average Bonchev–Trinajstić information content (AvgIpc) is 2.73. The first-order valence-corrected chi connectivity index (χ1v) is 11.9. The predicted molar refractivity (Wildman–Crippen MR) is 120 cm³/mol. The Hall–Kier alpha value is -1.75. The summed E-state index contributed by atoms with van der Waals surface area (Å²) >= 11 is 0. The third kappa shape index (κ3) is 3.93. The summed E-state index contributed by atoms with van der Waals surface area (Å²) < 4.78 is 5.35. The summed E-state index contributed by atoms with van der Waals surface area (Å²) in [5.74, 6) is 3.90. The molecule has 1 amide bonds. The number of nitrogens with one attached hydrogen (secondary N) is 1. The van der Waals surface area contributed by atoms with E-state index in [0.29, 0.717) is 18.0 Å². The molecular formula is C25H37N3O2. The molecule has 30 heavy (non-hydrogen) atoms. The van der Waals surface area contributed by atoms with Crippen LogP contribution in [0, 0.1) is 23.2 Å². The molecule has 1 aromatic rings. The van der Waals surface area contributed by atoms with Gasteiger partial charge in [-0.15, -0.1) is 0 Å². The fourth-order valence-corrected chi connectivity index (χ4v) is 7.32. The number of nitrogens with zero attached hydrogens (tertiary/aromatic N) is 2. The van der Waals surface area contributed by atoms with Gasteiger partial charge in [-0.1, -0.05) is 6.07 Å². The highest BCUT2D eigenvalue weighted by atomic mass is 16.5. The molecule has 5 aliphatic rings. The maximum Gasteiger partial charge on any atom is 0.234 e. The molecule has 4 aliphatic carbocycles. The molecule has 1 atom stereocenters. The van der Waals surface area contributed by atoms with Crippen molar-refractivity contribution < 1.29 is 9.53 Å². The smallest absolute Gasteiger partial charge is 0.234 e. The number of hydrogen-bond acceptors (Lipinski definition) is 4. The fourth-order valence-electron chi connectivity index (χ4n) is 7.32. The van der Waals surface area contributed by atoms with Crippen molar-refractivity contribution in [3.8, 4) is 5.75 Å². The van der Waals surface area contributed by atoms with Gasteiger partial charge in [0.05, 0.1) is 13.7 Å². The van der Waals surface area contributed by atoms with E-state index in [4.69, 9.17) is 4.74 Å². The van der Waals surface area contributed by atoms with Gasteiger partial charge >= 0.3 is 0 Å². The van der Waals surface area contributed by atoms with Crippen molar-refractivity contribution in [2.24, 2.45) is 23.2 Å². The standard InChI is InChI=1S/C25H37N3O2/c1-18(25-14-19-10-20(15-25)12-21(11-19)16-25)26-24(29)17-27-6-8-28(9-7-27)22-4-3-5-23(13-22)30-2/h3-5,13,18-21H,6-12,14-17H2,1-2H3,(H,26,29)/t18-,19?,20?,21?,25?/m0/s1. The molecule has 0 unspecified atom stereocenters. The van der Waals surface area contributed by atoms with Crippen LogP contribution in [0.15, 0.2) is 24.3 Å². The van der Waals surface area contributed by atoms with Crippen molar-refractivity contribution in [3.63, 3.8) is 0 Å². The zero-order valence-electron chi connectivity index (χ0n) is 18.6. The number of amides is 1. The highest BCUT2D eigenvalue weighted by Gasteiger charge is 2.53. The van der Waals surface area contributed by atoms with E-state index in [2.05, 4.69) is 34.2 Å². The minimum absolute atomic E-state index is 0.216. The van der Waals surface area contributed by atoms with E-state index in [9.17, 15) is 4.79 Å². The Morgan fingerprint density at radius 1 is 1.10 bits per heavy atom. The average molecular weight is 412 g/mol. The lowest BCUT2D eigenvalue weighted by Crippen LogP contribution is -2.57. The highest BCUT2D eigenvalue weighted by molar-refractivity contribution is 5.78. The summed E-state index contributed by atoms with van der Waals surface area (Å²) in [4.78, 5) is 17.6. The van der Waals surface area contributed by atoms with Crippen molar-refractivity contribution in [2.45, 2.75) is 51.5 Å². The van der Waals surface area contributed by atoms with Crippen LogP contribution in [0.4, 0.5) is 5.69 Å². The molecule has 5 nitrogen and oxygen atoms in total. The van der Waals surface area contributed by atoms with Crippen LogP contribution in [0.1, 0.15) is 45.4 Å². The van der Waals surface area contributed by atoms with E-state index in [-0.39, 0.29) is 5.91 Å². The van der Waals surface area contributed by atoms with E-state index in [0.717, 1.165) is 49.7 Å². The summed E-state index contributed by atoms with van der Waals surface area (Å²) in [5.41, 5.74) is 1.59. The van der Waals surface area contributed by atoms with E-state index in [1.54, 1.807) is 7.11 Å². The predicted octanol–water partition coefficient (Wildman–Crippen LogP) is 3.54. The van der Waals surface area contributed by atoms with Gasteiger partial charge in [-0.05, 0) is 80.8 Å². The van der Waals surface area contributed by atoms with Crippen molar-refractivity contribution in [1.82, 2.24) is 10.2 Å². The molecule has 0 aromatic heterocycles. The van der Waals surface area contributed by atoms with Gasteiger partial charge in [0, 0.05) is 44.0 Å². The minimum Gasteiger partial charge on any atom is -0.497 e. The maximum atomic E-state index is 12.9. The number of hydrogen-bond donors (Lipinski definition) is 1. The Bertz CT molecular complexity index is 736. The van der Waals surface area contributed by atoms with E-state index in [1.165, 1.54) is 44.2 Å². The molecule has 6 rings (SSSR count). The molecule has 0 radical (unpaired) electrons. The lowest BCUT2D eigenvalue weighted by Gasteiger charge is -2.59. The molecule has 1 aliphatic heterocycles. The second-order valence-corrected chi connectivity index (χ2v) is 10.5. The van der Waals surface area contributed by atoms with Gasteiger partial charge in [0.1, 0.15) is 5.75 Å². The van der Waals surface area contributed by atoms with Crippen LogP contribution in [0.2, 0.25) is 0 Å². The number of methoxy groups -OCH3 is 1. The molecular weight excluding hydrogens is 374 g/mol. The lowest BCUT2D eigenvalue weighted by molar-refractivity contribution is -0.127. The first-order valence-electron chi connectivity index (χ1n) is 11.9. The molecule has 164 valence electrons. The normalized spacial score (nSPS) is 34.1. The van der Waals surface area contributed by atoms with Gasteiger partial charge in [0.15, 0.2) is 0 Å². The Morgan fingerprint density at radius 2 is 1.73 bits per heavy atom. The first kappa shape index (κ1) is 20.2. The van der Waals surface area contributed by atoms with Crippen LogP contribution in [0.25, 0.3) is 0 Å². The number of anilines is 1. The van der Waals surface area contributed by atoms with Crippen molar-refractivity contribution in [3.05, 3.63) is 24.3 Å². The van der Waals surface area contributed by atoms with Crippen molar-refractivity contribution in [1.29, 1.82) is 0 Å². The molecule has 1 aromatic carbocycles. The van der Waals surface area contributed by atoms with Crippen molar-refractivity contribution in [2.75, 3.05) is 44.7 Å². The van der Waals surface area contributed by atoms with Crippen LogP contribution in [0.5, 0.6) is 5.75 Å². The molecule has 4 bridgehead atoms. The third-order valence-electron chi connectivity index (χ3n) is 8.54. The van der Waals surface area contributed by atoms with Gasteiger partial charge in [-0.25, -0.2) is 0 Å². The Morgan fingerprint density at radius 3 is 2.33 bits per heavy atom. The van der Waals surface area contributed by atoms with Crippen LogP contribution in [-0.2, 0) is 4.79 Å². The van der Waals surface area contributed by atoms with Crippen LogP contribution in [-0.4, -0.2) is 56.7 Å². The molecule has 4 saturated carbocycles. The SMILES string of the molecule is COc1cccc(N2CCN(CC(=O)N[C@@H](C)C34CC5CC(CC(C5)C3)C4)CC2)c1. The van der Waals surface area contributed by atoms with Gasteiger partial charge in [0.2, 0.25) is 5.91 Å². The second-order valence-electron chi connectivity index (χ2n) is 10.5. The summed E-state index contributed by atoms with van der Waals surface area (Å²) in [5, 5.41) is 3.43. The zero-order valence-corrected chi connectivity index (χ0v) is 18.6. The fraction of sp³-hybridized carbons (Fsp3) is 0.720. The summed E-state index contributed by atoms with van der Waals surface area (Å²) in [6.07, 6.45) is 8.41. The Labute approximate surface area is 181 Å². The number of rotatable bonds is 6. The van der Waals surface area contributed by atoms with E-state index in [1.807, 2.05) is 12.1 Å². The second kappa shape index (κ2) is 8.07. The molecule has 1 N–H and O–H groups in total. The topological polar surface area (TPSA) is 44.8 Å². The zero-order chi connectivity index (χ0) is 20.7. The Balaban J connectivity index is 1.12. The first-order chi connectivity index (χ1) is 14.5. The van der Waals surface area contributed by atoms with Gasteiger partial charge < -0.3 is 15.0 Å². The molecule has 5 fully saturated rings. The van der Waals surface area contributed by atoms with E-state index < -0.39 is 0 Å². The molecule has 5 heteroatoms. The lowest BCUT2D eigenvalue weighted by atomic mass is 9.48. The largest absolute Gasteiger partial charge is 0.497 e. The number of benzene rings is 1. The van der Waals surface area contributed by atoms with Gasteiger partial charge in [-0.2, -0.15) is 0 Å². The number of carbonyl (C=O) groups excluding carboxylic acids is 1. The van der Waals surface area contributed by atoms with Gasteiger partial charge in [0.25, 0.3) is 0 Å². The summed E-state index contributed by atoms with van der Waals surface area (Å²) in [7, 11) is 1.71. The van der Waals surface area contributed by atoms with Crippen molar-refractivity contribution >= 4 is 11.6 Å². The monoisotopic (exact) mass is 411 g/mol. The molecule has 1 heterocycles. The van der Waals surface area contributed by atoms with Crippen LogP contribution < -0.4 is 15.0 Å². The Kier molecular flexibility index (Phi) is 5.42. The highest BCUT2D eigenvalue weighted by Crippen LogP contribution is 2.61. The quantitative estimate of drug-likeness (QED) is 0.778. The van der Waals surface area contributed by atoms with Gasteiger partial charge in [-0.3, -0.25) is 9.69 Å².